The van der Waals surface area contributed by atoms with E-state index in [-0.39, 0.29) is 0 Å². The Bertz CT molecular complexity index is 3370. The number of fused-ring (bicyclic) bond motifs is 6. The van der Waals surface area contributed by atoms with Crippen LogP contribution in [0.3, 0.4) is 0 Å². The Balaban J connectivity index is 0.951. The topological polar surface area (TPSA) is 4.93 Å². The second-order valence-electron chi connectivity index (χ2n) is 17.7. The van der Waals surface area contributed by atoms with Gasteiger partial charge in [0.25, 0.3) is 0 Å². The lowest BCUT2D eigenvalue weighted by atomic mass is 9.97. The summed E-state index contributed by atoms with van der Waals surface area (Å²) in [6.45, 7) is 5.06. The van der Waals surface area contributed by atoms with E-state index >= 15 is 0 Å². The number of aromatic nitrogens is 1. The summed E-state index contributed by atoms with van der Waals surface area (Å²) in [5.74, 6) is 0. The largest absolute Gasteiger partial charge is 0.309 e. The van der Waals surface area contributed by atoms with Crippen LogP contribution < -0.4 is 10.4 Å². The van der Waals surface area contributed by atoms with Crippen molar-refractivity contribution in [3.05, 3.63) is 237 Å². The van der Waals surface area contributed by atoms with Gasteiger partial charge in [-0.05, 0) is 97.1 Å². The van der Waals surface area contributed by atoms with Gasteiger partial charge in [-0.15, -0.1) is 0 Å². The molecular formula is C62H45NSi-. The fraction of sp³-hybridized carbons (Fsp3) is 0.0323. The number of rotatable bonds is 7. The fourth-order valence-corrected chi connectivity index (χ4v) is 13.3. The Labute approximate surface area is 376 Å². The van der Waals surface area contributed by atoms with Crippen molar-refractivity contribution in [1.29, 1.82) is 0 Å². The molecular weight excluding hydrogens is 787 g/mol. The number of hydrogen-bond donors (Lipinski definition) is 0. The van der Waals surface area contributed by atoms with Crippen LogP contribution in [-0.4, -0.2) is 12.6 Å². The molecule has 11 aromatic rings. The third-order valence-corrected chi connectivity index (χ3v) is 17.2. The summed E-state index contributed by atoms with van der Waals surface area (Å²) in [4.78, 5) is 0. The van der Waals surface area contributed by atoms with E-state index in [0.29, 0.717) is 0 Å². The van der Waals surface area contributed by atoms with E-state index in [1.807, 2.05) is 0 Å². The van der Waals surface area contributed by atoms with Crippen LogP contribution in [0.25, 0.3) is 105 Å². The molecule has 0 amide bonds. The molecule has 2 heteroatoms. The van der Waals surface area contributed by atoms with Crippen molar-refractivity contribution in [3.8, 4) is 83.6 Å². The first kappa shape index (κ1) is 37.9. The van der Waals surface area contributed by atoms with Crippen molar-refractivity contribution in [3.63, 3.8) is 0 Å². The highest BCUT2D eigenvalue weighted by atomic mass is 28.3. The van der Waals surface area contributed by atoms with Gasteiger partial charge in [0.2, 0.25) is 0 Å². The Kier molecular flexibility index (Phi) is 9.03. The Morgan fingerprint density at radius 2 is 0.562 bits per heavy atom. The quantitative estimate of drug-likeness (QED) is 0.141. The minimum Gasteiger partial charge on any atom is -0.309 e. The van der Waals surface area contributed by atoms with E-state index in [4.69, 9.17) is 0 Å². The maximum absolute atomic E-state index is 2.53. The monoisotopic (exact) mass is 831 g/mol. The van der Waals surface area contributed by atoms with E-state index in [2.05, 4.69) is 254 Å². The second kappa shape index (κ2) is 15.2. The van der Waals surface area contributed by atoms with Crippen LogP contribution in [0, 0.1) is 0 Å². The highest BCUT2D eigenvalue weighted by Crippen LogP contribution is 2.40. The van der Waals surface area contributed by atoms with E-state index in [1.54, 1.807) is 0 Å². The summed E-state index contributed by atoms with van der Waals surface area (Å²) in [5.41, 5.74) is 21.2. The molecule has 0 saturated carbocycles. The first-order valence-electron chi connectivity index (χ1n) is 22.3. The molecule has 10 aromatic carbocycles. The van der Waals surface area contributed by atoms with E-state index < -0.39 is 8.07 Å². The van der Waals surface area contributed by atoms with Gasteiger partial charge in [0.15, 0.2) is 0 Å². The number of hydrogen-bond acceptors (Lipinski definition) is 0. The van der Waals surface area contributed by atoms with Gasteiger partial charge in [0, 0.05) is 16.5 Å². The van der Waals surface area contributed by atoms with Crippen molar-refractivity contribution < 1.29 is 0 Å². The first-order valence-corrected chi connectivity index (χ1v) is 25.3. The summed E-state index contributed by atoms with van der Waals surface area (Å²) in [6.07, 6.45) is 0. The molecule has 12 rings (SSSR count). The molecule has 0 saturated heterocycles. The van der Waals surface area contributed by atoms with Crippen molar-refractivity contribution in [1.82, 2.24) is 4.57 Å². The SMILES string of the molecule is C[Si-]1(C)c2cc(-c3ccc(-c4ccccc4)cc3)ccc2-c2ccc(-n3c4ccc(-c5ccc(-c6ccccc6)cc5)cc4c4cc(-c5ccc(-c6ccccc6)cc5)ccc43)cc21. The molecule has 0 bridgehead atoms. The van der Waals surface area contributed by atoms with Gasteiger partial charge in [-0.25, -0.2) is 0 Å². The minimum absolute atomic E-state index is 1.21. The van der Waals surface area contributed by atoms with Crippen molar-refractivity contribution in [2.45, 2.75) is 13.1 Å². The summed E-state index contributed by atoms with van der Waals surface area (Å²) < 4.78 is 2.50. The third-order valence-electron chi connectivity index (χ3n) is 13.7. The van der Waals surface area contributed by atoms with Gasteiger partial charge in [-0.3, -0.25) is 0 Å². The van der Waals surface area contributed by atoms with E-state index in [0.717, 1.165) is 0 Å². The van der Waals surface area contributed by atoms with E-state index in [1.165, 1.54) is 116 Å². The van der Waals surface area contributed by atoms with Crippen molar-refractivity contribution in [2.24, 2.45) is 0 Å². The second-order valence-corrected chi connectivity index (χ2v) is 22.1. The van der Waals surface area contributed by atoms with Crippen LogP contribution in [-0.2, 0) is 0 Å². The highest BCUT2D eigenvalue weighted by Gasteiger charge is 2.28. The van der Waals surface area contributed by atoms with Crippen LogP contribution in [0.15, 0.2) is 237 Å². The Morgan fingerprint density at radius 3 is 0.969 bits per heavy atom. The van der Waals surface area contributed by atoms with Crippen LogP contribution >= 0.6 is 0 Å². The molecule has 64 heavy (non-hydrogen) atoms. The zero-order valence-corrected chi connectivity index (χ0v) is 37.0. The molecule has 0 spiro atoms. The maximum Gasteiger partial charge on any atom is 0.0541 e. The Hall–Kier alpha value is -7.78. The normalized spacial score (nSPS) is 12.7. The first-order chi connectivity index (χ1) is 31.5. The molecule has 2 heterocycles. The summed E-state index contributed by atoms with van der Waals surface area (Å²) in [6, 6.07) is 87.5. The molecule has 1 aliphatic heterocycles. The van der Waals surface area contributed by atoms with Crippen molar-refractivity contribution in [2.75, 3.05) is 0 Å². The van der Waals surface area contributed by atoms with Gasteiger partial charge in [-0.1, -0.05) is 225 Å². The molecule has 303 valence electrons. The summed E-state index contributed by atoms with van der Waals surface area (Å²) >= 11 is 0. The molecule has 0 aliphatic carbocycles. The molecule has 0 radical (unpaired) electrons. The maximum atomic E-state index is 2.53. The molecule has 1 aromatic heterocycles. The van der Waals surface area contributed by atoms with Gasteiger partial charge in [0.05, 0.1) is 11.0 Å². The molecule has 0 atom stereocenters. The fourth-order valence-electron chi connectivity index (χ4n) is 10.2. The lowest BCUT2D eigenvalue weighted by molar-refractivity contribution is 1.18. The zero-order valence-electron chi connectivity index (χ0n) is 36.0. The third kappa shape index (κ3) is 6.46. The molecule has 0 unspecified atom stereocenters. The number of nitrogens with zero attached hydrogens (tertiary/aromatic N) is 1. The van der Waals surface area contributed by atoms with Crippen LogP contribution in [0.2, 0.25) is 13.1 Å². The minimum atomic E-state index is -2.07. The van der Waals surface area contributed by atoms with Gasteiger partial charge < -0.3 is 4.57 Å². The van der Waals surface area contributed by atoms with Crippen LogP contribution in [0.1, 0.15) is 0 Å². The van der Waals surface area contributed by atoms with Crippen LogP contribution in [0.5, 0.6) is 0 Å². The predicted octanol–water partition coefficient (Wildman–Crippen LogP) is 15.6. The van der Waals surface area contributed by atoms with E-state index in [9.17, 15) is 0 Å². The summed E-state index contributed by atoms with van der Waals surface area (Å²) in [5, 5.41) is 5.52. The molecule has 0 N–H and O–H groups in total. The highest BCUT2D eigenvalue weighted by molar-refractivity contribution is 7.03. The van der Waals surface area contributed by atoms with Gasteiger partial charge >= 0.3 is 0 Å². The average Bonchev–Trinajstić information content (AvgIpc) is 3.81. The molecule has 1 aliphatic rings. The van der Waals surface area contributed by atoms with Crippen LogP contribution in [0.4, 0.5) is 0 Å². The average molecular weight is 832 g/mol. The zero-order chi connectivity index (χ0) is 42.8. The molecule has 1 nitrogen and oxygen atoms in total. The summed E-state index contributed by atoms with van der Waals surface area (Å²) in [7, 11) is -2.07. The smallest absolute Gasteiger partial charge is 0.0541 e. The lowest BCUT2D eigenvalue weighted by Gasteiger charge is -2.32. The Morgan fingerprint density at radius 1 is 0.266 bits per heavy atom. The number of benzene rings is 10. The molecule has 0 fully saturated rings. The lowest BCUT2D eigenvalue weighted by Crippen LogP contribution is -2.49. The van der Waals surface area contributed by atoms with Crippen molar-refractivity contribution >= 4 is 40.3 Å². The standard InChI is InChI=1S/C62H45NSi/c1-64(2)61-40-53(50-28-22-47(23-29-50)44-16-10-5-11-17-44)30-34-55(61)56-35-33-54(41-62(56)64)63-59-36-31-51(48-24-18-45(19-25-48)42-12-6-3-7-13-42)38-57(59)58-39-52(32-37-60(58)63)49-26-20-46(21-27-49)43-14-8-4-9-15-43/h3-41H,1-2H3/q-1. The predicted molar refractivity (Wildman–Crippen MR) is 276 cm³/mol. The van der Waals surface area contributed by atoms with Gasteiger partial charge in [-0.2, -0.15) is 23.5 Å². The van der Waals surface area contributed by atoms with Gasteiger partial charge in [0.1, 0.15) is 0 Å².